The second kappa shape index (κ2) is 6.83. The highest BCUT2D eigenvalue weighted by Crippen LogP contribution is 2.26. The molecule has 0 atom stereocenters. The SMILES string of the molecule is OCCN(CCCc1nc(-c2ccccc2)no1)C1CC1. The van der Waals surface area contributed by atoms with Crippen LogP contribution in [0.4, 0.5) is 0 Å². The lowest BCUT2D eigenvalue weighted by atomic mass is 10.2. The van der Waals surface area contributed by atoms with Gasteiger partial charge in [-0.05, 0) is 25.8 Å². The zero-order valence-electron chi connectivity index (χ0n) is 12.1. The molecule has 0 saturated heterocycles. The van der Waals surface area contributed by atoms with Crippen LogP contribution in [0.1, 0.15) is 25.2 Å². The van der Waals surface area contributed by atoms with Crippen molar-refractivity contribution in [2.24, 2.45) is 0 Å². The first-order valence-corrected chi connectivity index (χ1v) is 7.60. The number of aromatic nitrogens is 2. The molecule has 0 radical (unpaired) electrons. The first kappa shape index (κ1) is 14.2. The van der Waals surface area contributed by atoms with E-state index in [1.165, 1.54) is 12.8 Å². The molecule has 0 spiro atoms. The van der Waals surface area contributed by atoms with Crippen LogP contribution in [0.25, 0.3) is 11.4 Å². The summed E-state index contributed by atoms with van der Waals surface area (Å²) in [4.78, 5) is 6.79. The predicted octanol–water partition coefficient (Wildman–Crippen LogP) is 2.13. The molecule has 0 aliphatic heterocycles. The zero-order valence-corrected chi connectivity index (χ0v) is 12.1. The number of rotatable bonds is 8. The molecule has 0 unspecified atom stereocenters. The van der Waals surface area contributed by atoms with Gasteiger partial charge in [-0.25, -0.2) is 0 Å². The molecule has 1 aromatic carbocycles. The van der Waals surface area contributed by atoms with Crippen molar-refractivity contribution in [3.63, 3.8) is 0 Å². The highest BCUT2D eigenvalue weighted by Gasteiger charge is 2.27. The minimum Gasteiger partial charge on any atom is -0.395 e. The van der Waals surface area contributed by atoms with Crippen LogP contribution in [-0.2, 0) is 6.42 Å². The normalized spacial score (nSPS) is 14.8. The third kappa shape index (κ3) is 3.89. The molecule has 112 valence electrons. The van der Waals surface area contributed by atoms with Crippen LogP contribution in [0.15, 0.2) is 34.9 Å². The summed E-state index contributed by atoms with van der Waals surface area (Å²) in [5.74, 6) is 1.34. The third-order valence-corrected chi connectivity index (χ3v) is 3.79. The molecule has 0 amide bonds. The summed E-state index contributed by atoms with van der Waals surface area (Å²) in [6.07, 6.45) is 4.29. The molecule has 1 aliphatic carbocycles. The molecule has 5 nitrogen and oxygen atoms in total. The van der Waals surface area contributed by atoms with Gasteiger partial charge in [0, 0.05) is 24.6 Å². The fourth-order valence-electron chi connectivity index (χ4n) is 2.54. The number of nitrogens with zero attached hydrogens (tertiary/aromatic N) is 3. The first-order valence-electron chi connectivity index (χ1n) is 7.60. The number of aliphatic hydroxyl groups excluding tert-OH is 1. The fourth-order valence-corrected chi connectivity index (χ4v) is 2.54. The van der Waals surface area contributed by atoms with E-state index >= 15 is 0 Å². The van der Waals surface area contributed by atoms with Crippen molar-refractivity contribution in [2.45, 2.75) is 31.7 Å². The Balaban J connectivity index is 1.51. The van der Waals surface area contributed by atoms with Crippen LogP contribution in [0, 0.1) is 0 Å². The largest absolute Gasteiger partial charge is 0.395 e. The molecule has 1 aliphatic rings. The zero-order chi connectivity index (χ0) is 14.5. The average Bonchev–Trinajstić information content (AvgIpc) is 3.26. The van der Waals surface area contributed by atoms with Crippen molar-refractivity contribution in [1.82, 2.24) is 15.0 Å². The van der Waals surface area contributed by atoms with Gasteiger partial charge in [-0.15, -0.1) is 0 Å². The lowest BCUT2D eigenvalue weighted by Crippen LogP contribution is -2.30. The molecular formula is C16H21N3O2. The summed E-state index contributed by atoms with van der Waals surface area (Å²) in [5.41, 5.74) is 0.979. The number of hydrogen-bond acceptors (Lipinski definition) is 5. The summed E-state index contributed by atoms with van der Waals surface area (Å²) < 4.78 is 5.31. The second-order valence-corrected chi connectivity index (χ2v) is 5.47. The van der Waals surface area contributed by atoms with E-state index in [-0.39, 0.29) is 6.61 Å². The van der Waals surface area contributed by atoms with Gasteiger partial charge in [0.05, 0.1) is 6.61 Å². The molecule has 5 heteroatoms. The molecule has 3 rings (SSSR count). The number of hydrogen-bond donors (Lipinski definition) is 1. The topological polar surface area (TPSA) is 62.4 Å². The van der Waals surface area contributed by atoms with Gasteiger partial charge in [0.15, 0.2) is 0 Å². The van der Waals surface area contributed by atoms with Crippen molar-refractivity contribution in [1.29, 1.82) is 0 Å². The molecule has 1 N–H and O–H groups in total. The van der Waals surface area contributed by atoms with Crippen LogP contribution >= 0.6 is 0 Å². The summed E-state index contributed by atoms with van der Waals surface area (Å²) in [6.45, 7) is 1.98. The molecule has 2 aromatic rings. The van der Waals surface area contributed by atoms with Crippen molar-refractivity contribution >= 4 is 0 Å². The van der Waals surface area contributed by atoms with Crippen molar-refractivity contribution in [2.75, 3.05) is 19.7 Å². The highest BCUT2D eigenvalue weighted by molar-refractivity contribution is 5.53. The lowest BCUT2D eigenvalue weighted by molar-refractivity contribution is 0.186. The van der Waals surface area contributed by atoms with Crippen LogP contribution in [-0.4, -0.2) is 45.9 Å². The Morgan fingerprint density at radius 1 is 1.19 bits per heavy atom. The molecule has 0 bridgehead atoms. The Kier molecular flexibility index (Phi) is 4.62. The van der Waals surface area contributed by atoms with E-state index in [1.54, 1.807) is 0 Å². The lowest BCUT2D eigenvalue weighted by Gasteiger charge is -2.19. The predicted molar refractivity (Wildman–Crippen MR) is 79.7 cm³/mol. The van der Waals surface area contributed by atoms with E-state index in [1.807, 2.05) is 30.3 Å². The van der Waals surface area contributed by atoms with Crippen LogP contribution in [0.3, 0.4) is 0 Å². The molecule has 1 heterocycles. The van der Waals surface area contributed by atoms with Gasteiger partial charge >= 0.3 is 0 Å². The summed E-state index contributed by atoms with van der Waals surface area (Å²) in [5, 5.41) is 13.1. The van der Waals surface area contributed by atoms with E-state index in [4.69, 9.17) is 9.63 Å². The molecular weight excluding hydrogens is 266 g/mol. The Morgan fingerprint density at radius 3 is 2.71 bits per heavy atom. The smallest absolute Gasteiger partial charge is 0.227 e. The number of aliphatic hydroxyl groups is 1. The van der Waals surface area contributed by atoms with Crippen LogP contribution < -0.4 is 0 Å². The van der Waals surface area contributed by atoms with E-state index < -0.39 is 0 Å². The molecule has 1 fully saturated rings. The Labute approximate surface area is 124 Å². The fraction of sp³-hybridized carbons (Fsp3) is 0.500. The van der Waals surface area contributed by atoms with Crippen LogP contribution in [0.2, 0.25) is 0 Å². The van der Waals surface area contributed by atoms with E-state index in [0.717, 1.165) is 31.5 Å². The van der Waals surface area contributed by atoms with Crippen LogP contribution in [0.5, 0.6) is 0 Å². The quantitative estimate of drug-likeness (QED) is 0.806. The third-order valence-electron chi connectivity index (χ3n) is 3.79. The summed E-state index contributed by atoms with van der Waals surface area (Å²) >= 11 is 0. The van der Waals surface area contributed by atoms with Gasteiger partial charge in [0.25, 0.3) is 0 Å². The summed E-state index contributed by atoms with van der Waals surface area (Å²) in [7, 11) is 0. The van der Waals surface area contributed by atoms with E-state index in [2.05, 4.69) is 15.0 Å². The Morgan fingerprint density at radius 2 is 2.00 bits per heavy atom. The Bertz CT molecular complexity index is 552. The number of benzene rings is 1. The van der Waals surface area contributed by atoms with Gasteiger partial charge in [-0.2, -0.15) is 4.98 Å². The van der Waals surface area contributed by atoms with E-state index in [9.17, 15) is 0 Å². The van der Waals surface area contributed by atoms with Gasteiger partial charge in [-0.1, -0.05) is 35.5 Å². The molecule has 1 saturated carbocycles. The first-order chi connectivity index (χ1) is 10.4. The second-order valence-electron chi connectivity index (χ2n) is 5.47. The molecule has 21 heavy (non-hydrogen) atoms. The maximum atomic E-state index is 9.08. The highest BCUT2D eigenvalue weighted by atomic mass is 16.5. The summed E-state index contributed by atoms with van der Waals surface area (Å²) in [6, 6.07) is 10.5. The monoisotopic (exact) mass is 287 g/mol. The van der Waals surface area contributed by atoms with Gasteiger partial charge in [-0.3, -0.25) is 4.90 Å². The standard InChI is InChI=1S/C16H21N3O2/c20-12-11-19(14-8-9-14)10-4-7-15-17-16(18-21-15)13-5-2-1-3-6-13/h1-3,5-6,14,20H,4,7-12H2. The minimum atomic E-state index is 0.231. The maximum absolute atomic E-state index is 9.08. The van der Waals surface area contributed by atoms with Crippen molar-refractivity contribution in [3.05, 3.63) is 36.2 Å². The Hall–Kier alpha value is -1.72. The molecule has 1 aromatic heterocycles. The maximum Gasteiger partial charge on any atom is 0.227 e. The number of aryl methyl sites for hydroxylation is 1. The van der Waals surface area contributed by atoms with Crippen molar-refractivity contribution < 1.29 is 9.63 Å². The van der Waals surface area contributed by atoms with Gasteiger partial charge < -0.3 is 9.63 Å². The van der Waals surface area contributed by atoms with Gasteiger partial charge in [0.2, 0.25) is 11.7 Å². The van der Waals surface area contributed by atoms with E-state index in [0.29, 0.717) is 17.8 Å². The minimum absolute atomic E-state index is 0.231. The van der Waals surface area contributed by atoms with Gasteiger partial charge in [0.1, 0.15) is 0 Å². The van der Waals surface area contributed by atoms with Crippen molar-refractivity contribution in [3.8, 4) is 11.4 Å². The average molecular weight is 287 g/mol.